The highest BCUT2D eigenvalue weighted by molar-refractivity contribution is 6.06. The average molecular weight is 439 g/mol. The molecule has 0 radical (unpaired) electrons. The van der Waals surface area contributed by atoms with Crippen LogP contribution >= 0.6 is 0 Å². The Morgan fingerprint density at radius 3 is 2.18 bits per heavy atom. The van der Waals surface area contributed by atoms with Gasteiger partial charge >= 0.3 is 0 Å². The summed E-state index contributed by atoms with van der Waals surface area (Å²) < 4.78 is 1.34. The molecule has 6 heteroatoms. The molecule has 0 saturated carbocycles. The summed E-state index contributed by atoms with van der Waals surface area (Å²) in [7, 11) is 0. The van der Waals surface area contributed by atoms with E-state index in [1.54, 1.807) is 24.3 Å². The molecular formula is C27H26N4O2. The summed E-state index contributed by atoms with van der Waals surface area (Å²) in [5.74, 6) is -0.0854. The summed E-state index contributed by atoms with van der Waals surface area (Å²) in [5.41, 5.74) is 5.28. The Balaban J connectivity index is 1.72. The van der Waals surface area contributed by atoms with Gasteiger partial charge in [-0.15, -0.1) is 0 Å². The number of fused-ring (bicyclic) bond motifs is 1. The molecule has 1 aromatic heterocycles. The highest BCUT2D eigenvalue weighted by Gasteiger charge is 2.17. The van der Waals surface area contributed by atoms with Gasteiger partial charge in [-0.2, -0.15) is 10.2 Å². The van der Waals surface area contributed by atoms with Gasteiger partial charge in [-0.1, -0.05) is 92.7 Å². The van der Waals surface area contributed by atoms with Crippen LogP contribution in [0.4, 0.5) is 0 Å². The first kappa shape index (κ1) is 22.1. The van der Waals surface area contributed by atoms with Gasteiger partial charge in [0.2, 0.25) is 0 Å². The lowest BCUT2D eigenvalue weighted by Gasteiger charge is -2.12. The van der Waals surface area contributed by atoms with E-state index in [4.69, 9.17) is 0 Å². The van der Waals surface area contributed by atoms with Crippen LogP contribution in [-0.4, -0.2) is 21.4 Å². The second-order valence-electron chi connectivity index (χ2n) is 8.31. The van der Waals surface area contributed by atoms with E-state index in [0.29, 0.717) is 23.1 Å². The Kier molecular flexibility index (Phi) is 6.74. The van der Waals surface area contributed by atoms with Crippen molar-refractivity contribution in [1.82, 2.24) is 15.2 Å². The number of hydrazone groups is 1. The molecule has 166 valence electrons. The number of aromatic nitrogens is 2. The SMILES string of the molecule is CC(C)C/C(=N\NC(=O)c1nn(Cc2ccccc2)c(=O)c2ccccc12)c1ccccc1. The Bertz CT molecular complexity index is 1340. The molecule has 0 unspecified atom stereocenters. The number of nitrogens with one attached hydrogen (secondary N) is 1. The lowest BCUT2D eigenvalue weighted by Crippen LogP contribution is -2.30. The predicted molar refractivity (Wildman–Crippen MR) is 131 cm³/mol. The second-order valence-corrected chi connectivity index (χ2v) is 8.31. The highest BCUT2D eigenvalue weighted by atomic mass is 16.2. The monoisotopic (exact) mass is 438 g/mol. The molecule has 0 spiro atoms. The van der Waals surface area contributed by atoms with Crippen LogP contribution in [0, 0.1) is 5.92 Å². The first-order valence-electron chi connectivity index (χ1n) is 11.0. The van der Waals surface area contributed by atoms with Crippen LogP contribution in [-0.2, 0) is 6.54 Å². The van der Waals surface area contributed by atoms with Crippen molar-refractivity contribution in [3.63, 3.8) is 0 Å². The minimum absolute atomic E-state index is 0.168. The third kappa shape index (κ3) is 5.23. The maximum atomic E-state index is 13.2. The molecule has 0 aliphatic heterocycles. The van der Waals surface area contributed by atoms with Crippen LogP contribution in [0.15, 0.2) is 94.8 Å². The Hall–Kier alpha value is -4.06. The number of carbonyl (C=O) groups is 1. The quantitative estimate of drug-likeness (QED) is 0.338. The minimum atomic E-state index is -0.454. The zero-order chi connectivity index (χ0) is 23.2. The maximum absolute atomic E-state index is 13.2. The number of hydrogen-bond donors (Lipinski definition) is 1. The van der Waals surface area contributed by atoms with Gasteiger partial charge in [0, 0.05) is 5.39 Å². The standard InChI is InChI=1S/C27H26N4O2/c1-19(2)17-24(21-13-7-4-8-14-21)28-29-26(32)25-22-15-9-10-16-23(22)27(33)31(30-25)18-20-11-5-3-6-12-20/h3-16,19H,17-18H2,1-2H3,(H,29,32)/b28-24+. The molecule has 3 aromatic carbocycles. The maximum Gasteiger partial charge on any atom is 0.292 e. The van der Waals surface area contributed by atoms with Crippen LogP contribution in [0.25, 0.3) is 10.8 Å². The molecule has 0 aliphatic rings. The number of rotatable bonds is 7. The number of benzene rings is 3. The highest BCUT2D eigenvalue weighted by Crippen LogP contribution is 2.15. The van der Waals surface area contributed by atoms with Gasteiger partial charge in [-0.05, 0) is 29.5 Å². The number of amides is 1. The lowest BCUT2D eigenvalue weighted by atomic mass is 10.0. The molecular weight excluding hydrogens is 412 g/mol. The summed E-state index contributed by atoms with van der Waals surface area (Å²) in [4.78, 5) is 26.2. The first-order chi connectivity index (χ1) is 16.0. The van der Waals surface area contributed by atoms with E-state index in [-0.39, 0.29) is 17.8 Å². The van der Waals surface area contributed by atoms with Crippen molar-refractivity contribution in [3.8, 4) is 0 Å². The third-order valence-corrected chi connectivity index (χ3v) is 5.26. The lowest BCUT2D eigenvalue weighted by molar-refractivity contribution is 0.0949. The average Bonchev–Trinajstić information content (AvgIpc) is 2.84. The van der Waals surface area contributed by atoms with Crippen molar-refractivity contribution in [2.24, 2.45) is 11.0 Å². The largest absolute Gasteiger partial charge is 0.292 e. The molecule has 0 fully saturated rings. The molecule has 33 heavy (non-hydrogen) atoms. The molecule has 4 rings (SSSR count). The fraction of sp³-hybridized carbons (Fsp3) is 0.185. The summed E-state index contributed by atoms with van der Waals surface area (Å²) in [5, 5.41) is 9.82. The Labute approximate surface area is 192 Å². The van der Waals surface area contributed by atoms with Crippen molar-refractivity contribution in [2.45, 2.75) is 26.8 Å². The van der Waals surface area contributed by atoms with Crippen molar-refractivity contribution >= 4 is 22.4 Å². The Morgan fingerprint density at radius 2 is 1.52 bits per heavy atom. The number of nitrogens with zero attached hydrogens (tertiary/aromatic N) is 3. The number of hydrogen-bond acceptors (Lipinski definition) is 4. The van der Waals surface area contributed by atoms with E-state index in [1.807, 2.05) is 60.7 Å². The first-order valence-corrected chi connectivity index (χ1v) is 11.0. The smallest absolute Gasteiger partial charge is 0.267 e. The molecule has 1 amide bonds. The van der Waals surface area contributed by atoms with E-state index in [0.717, 1.165) is 16.8 Å². The van der Waals surface area contributed by atoms with Gasteiger partial charge < -0.3 is 0 Å². The van der Waals surface area contributed by atoms with Crippen LogP contribution < -0.4 is 11.0 Å². The van der Waals surface area contributed by atoms with Gasteiger partial charge in [-0.25, -0.2) is 10.1 Å². The van der Waals surface area contributed by atoms with Crippen molar-refractivity contribution in [3.05, 3.63) is 112 Å². The van der Waals surface area contributed by atoms with Crippen molar-refractivity contribution in [1.29, 1.82) is 0 Å². The molecule has 6 nitrogen and oxygen atoms in total. The van der Waals surface area contributed by atoms with Crippen LogP contribution in [0.2, 0.25) is 0 Å². The van der Waals surface area contributed by atoms with E-state index in [1.165, 1.54) is 4.68 Å². The third-order valence-electron chi connectivity index (χ3n) is 5.26. The van der Waals surface area contributed by atoms with Gasteiger partial charge in [0.1, 0.15) is 0 Å². The van der Waals surface area contributed by atoms with Crippen molar-refractivity contribution < 1.29 is 4.79 Å². The Morgan fingerprint density at radius 1 is 0.909 bits per heavy atom. The number of carbonyl (C=O) groups excluding carboxylic acids is 1. The molecule has 1 N–H and O–H groups in total. The molecule has 0 bridgehead atoms. The summed E-state index contributed by atoms with van der Waals surface area (Å²) in [6.07, 6.45) is 0.714. The molecule has 1 heterocycles. The van der Waals surface area contributed by atoms with Crippen LogP contribution in [0.3, 0.4) is 0 Å². The topological polar surface area (TPSA) is 76.3 Å². The van der Waals surface area contributed by atoms with E-state index in [2.05, 4.69) is 29.5 Å². The summed E-state index contributed by atoms with van der Waals surface area (Å²) in [6.45, 7) is 4.49. The molecule has 0 atom stereocenters. The van der Waals surface area contributed by atoms with Gasteiger partial charge in [0.25, 0.3) is 11.5 Å². The summed E-state index contributed by atoms with van der Waals surface area (Å²) >= 11 is 0. The molecule has 4 aromatic rings. The van der Waals surface area contributed by atoms with Gasteiger partial charge in [0.05, 0.1) is 17.6 Å². The van der Waals surface area contributed by atoms with Gasteiger partial charge in [0.15, 0.2) is 5.69 Å². The molecule has 0 saturated heterocycles. The molecule has 0 aliphatic carbocycles. The van der Waals surface area contributed by atoms with E-state index < -0.39 is 5.91 Å². The zero-order valence-electron chi connectivity index (χ0n) is 18.7. The van der Waals surface area contributed by atoms with E-state index >= 15 is 0 Å². The van der Waals surface area contributed by atoms with E-state index in [9.17, 15) is 9.59 Å². The minimum Gasteiger partial charge on any atom is -0.267 e. The fourth-order valence-electron chi connectivity index (χ4n) is 3.68. The second kappa shape index (κ2) is 10.0. The summed E-state index contributed by atoms with van der Waals surface area (Å²) in [6, 6.07) is 26.4. The van der Waals surface area contributed by atoms with Crippen molar-refractivity contribution in [2.75, 3.05) is 0 Å². The zero-order valence-corrected chi connectivity index (χ0v) is 18.7. The fourth-order valence-corrected chi connectivity index (χ4v) is 3.68. The normalized spacial score (nSPS) is 11.7. The van der Waals surface area contributed by atoms with Crippen LogP contribution in [0.5, 0.6) is 0 Å². The van der Waals surface area contributed by atoms with Crippen LogP contribution in [0.1, 0.15) is 41.9 Å². The van der Waals surface area contributed by atoms with Gasteiger partial charge in [-0.3, -0.25) is 9.59 Å². The predicted octanol–water partition coefficient (Wildman–Crippen LogP) is 4.63.